The van der Waals surface area contributed by atoms with Gasteiger partial charge in [-0.05, 0) is 67.3 Å². The smallest absolute Gasteiger partial charge is 0.264 e. The number of amides is 2. The molecule has 0 bridgehead atoms. The van der Waals surface area contributed by atoms with E-state index >= 15 is 0 Å². The van der Waals surface area contributed by atoms with E-state index in [-0.39, 0.29) is 16.7 Å². The van der Waals surface area contributed by atoms with Crippen LogP contribution >= 0.6 is 0 Å². The normalized spacial score (nSPS) is 11.8. The van der Waals surface area contributed by atoms with E-state index in [0.717, 1.165) is 15.4 Å². The van der Waals surface area contributed by atoms with E-state index in [1.54, 1.807) is 55.5 Å². The number of nitrogens with zero attached hydrogens (tertiary/aromatic N) is 2. The number of nitrogens with one attached hydrogen (secondary N) is 2. The molecule has 0 aliphatic rings. The van der Waals surface area contributed by atoms with Crippen LogP contribution in [0, 0.1) is 6.92 Å². The first-order chi connectivity index (χ1) is 17.5. The summed E-state index contributed by atoms with van der Waals surface area (Å²) in [6, 6.07) is 20.7. The lowest BCUT2D eigenvalue weighted by Crippen LogP contribution is -2.39. The van der Waals surface area contributed by atoms with Gasteiger partial charge in [0, 0.05) is 12.6 Å². The van der Waals surface area contributed by atoms with Crippen LogP contribution in [0.3, 0.4) is 0 Å². The molecule has 8 nitrogen and oxygen atoms in total. The maximum Gasteiger partial charge on any atom is 0.264 e. The van der Waals surface area contributed by atoms with Crippen LogP contribution in [0.5, 0.6) is 0 Å². The van der Waals surface area contributed by atoms with Crippen molar-refractivity contribution in [2.75, 3.05) is 16.2 Å². The van der Waals surface area contributed by atoms with Crippen molar-refractivity contribution in [2.24, 2.45) is 5.10 Å². The van der Waals surface area contributed by atoms with Gasteiger partial charge < -0.3 is 5.32 Å². The van der Waals surface area contributed by atoms with Gasteiger partial charge in [0.05, 0.1) is 16.3 Å². The third-order valence-electron chi connectivity index (χ3n) is 5.69. The van der Waals surface area contributed by atoms with Crippen molar-refractivity contribution >= 4 is 38.9 Å². The largest absolute Gasteiger partial charge is 0.326 e. The van der Waals surface area contributed by atoms with Gasteiger partial charge in [-0.1, -0.05) is 55.8 Å². The molecule has 0 aromatic heterocycles. The van der Waals surface area contributed by atoms with Crippen molar-refractivity contribution in [1.29, 1.82) is 0 Å². The number of aryl methyl sites for hydroxylation is 1. The summed E-state index contributed by atoms with van der Waals surface area (Å²) in [6.45, 7) is 8.64. The second-order valence-corrected chi connectivity index (χ2v) is 10.9. The van der Waals surface area contributed by atoms with Crippen LogP contribution in [-0.2, 0) is 19.6 Å². The fourth-order valence-corrected chi connectivity index (χ4v) is 5.00. The standard InChI is InChI=1S/C28H32N4O4S/c1-19(2)23-11-13-26(14-12-23)32(37(35,36)27-15-9-20(3)10-16-27)18-28(34)31-30-21(4)24-7-6-8-25(17-24)29-22(5)33/h6-17,19H,18H2,1-5H3,(H,29,33)(H,31,34)/b30-21-. The van der Waals surface area contributed by atoms with Gasteiger partial charge in [-0.3, -0.25) is 13.9 Å². The van der Waals surface area contributed by atoms with Crippen molar-refractivity contribution < 1.29 is 18.0 Å². The second-order valence-electron chi connectivity index (χ2n) is 9.07. The van der Waals surface area contributed by atoms with Gasteiger partial charge in [0.2, 0.25) is 5.91 Å². The molecule has 2 N–H and O–H groups in total. The van der Waals surface area contributed by atoms with E-state index in [9.17, 15) is 18.0 Å². The van der Waals surface area contributed by atoms with Gasteiger partial charge in [-0.25, -0.2) is 13.8 Å². The van der Waals surface area contributed by atoms with Gasteiger partial charge in [0.15, 0.2) is 0 Å². The van der Waals surface area contributed by atoms with Gasteiger partial charge >= 0.3 is 0 Å². The summed E-state index contributed by atoms with van der Waals surface area (Å²) in [5, 5.41) is 6.85. The molecular formula is C28H32N4O4S. The molecule has 0 spiro atoms. The van der Waals surface area contributed by atoms with E-state index in [2.05, 4.69) is 29.7 Å². The van der Waals surface area contributed by atoms with Crippen LogP contribution in [0.1, 0.15) is 50.3 Å². The quantitative estimate of drug-likeness (QED) is 0.312. The Morgan fingerprint density at radius 3 is 2.19 bits per heavy atom. The number of hydrogen-bond donors (Lipinski definition) is 2. The summed E-state index contributed by atoms with van der Waals surface area (Å²) in [6.07, 6.45) is 0. The first-order valence-corrected chi connectivity index (χ1v) is 13.3. The highest BCUT2D eigenvalue weighted by Gasteiger charge is 2.27. The second kappa shape index (κ2) is 11.8. The molecule has 0 saturated heterocycles. The van der Waals surface area contributed by atoms with Gasteiger partial charge in [0.1, 0.15) is 6.54 Å². The van der Waals surface area contributed by atoms with Crippen molar-refractivity contribution in [1.82, 2.24) is 5.43 Å². The highest BCUT2D eigenvalue weighted by molar-refractivity contribution is 7.92. The molecule has 0 aliphatic heterocycles. The monoisotopic (exact) mass is 520 g/mol. The number of hydrazone groups is 1. The number of carbonyl (C=O) groups is 2. The molecule has 0 fully saturated rings. The molecule has 3 rings (SSSR count). The van der Waals surface area contributed by atoms with Crippen LogP contribution in [0.2, 0.25) is 0 Å². The minimum Gasteiger partial charge on any atom is -0.326 e. The molecule has 37 heavy (non-hydrogen) atoms. The Bertz CT molecular complexity index is 1400. The first kappa shape index (κ1) is 27.6. The highest BCUT2D eigenvalue weighted by atomic mass is 32.2. The molecule has 3 aromatic rings. The van der Waals surface area contributed by atoms with Crippen molar-refractivity contribution in [3.05, 3.63) is 89.5 Å². The Morgan fingerprint density at radius 1 is 0.946 bits per heavy atom. The number of carbonyl (C=O) groups excluding carboxylic acids is 2. The van der Waals surface area contributed by atoms with Gasteiger partial charge in [-0.15, -0.1) is 0 Å². The van der Waals surface area contributed by atoms with Crippen LogP contribution < -0.4 is 15.0 Å². The maximum atomic E-state index is 13.6. The third kappa shape index (κ3) is 7.27. The average Bonchev–Trinajstić information content (AvgIpc) is 2.86. The Morgan fingerprint density at radius 2 is 1.59 bits per heavy atom. The first-order valence-electron chi connectivity index (χ1n) is 11.9. The summed E-state index contributed by atoms with van der Waals surface area (Å²) in [4.78, 5) is 24.3. The summed E-state index contributed by atoms with van der Waals surface area (Å²) in [7, 11) is -4.02. The van der Waals surface area contributed by atoms with E-state index in [0.29, 0.717) is 22.6 Å². The molecule has 0 saturated carbocycles. The van der Waals surface area contributed by atoms with Crippen molar-refractivity contribution in [3.63, 3.8) is 0 Å². The lowest BCUT2D eigenvalue weighted by Gasteiger charge is -2.24. The van der Waals surface area contributed by atoms with Gasteiger partial charge in [-0.2, -0.15) is 5.10 Å². The van der Waals surface area contributed by atoms with Crippen LogP contribution in [-0.4, -0.2) is 32.5 Å². The Hall–Kier alpha value is -3.98. The fourth-order valence-electron chi connectivity index (χ4n) is 3.58. The third-order valence-corrected chi connectivity index (χ3v) is 7.48. The maximum absolute atomic E-state index is 13.6. The molecule has 9 heteroatoms. The minimum atomic E-state index is -4.02. The SMILES string of the molecule is CC(=O)Nc1cccc(/C(C)=N\NC(=O)CN(c2ccc(C(C)C)cc2)S(=O)(=O)c2ccc(C)cc2)c1. The number of rotatable bonds is 9. The molecule has 0 aliphatic carbocycles. The molecule has 0 heterocycles. The van der Waals surface area contributed by atoms with E-state index < -0.39 is 22.5 Å². The van der Waals surface area contributed by atoms with Crippen LogP contribution in [0.15, 0.2) is 82.8 Å². The molecule has 0 radical (unpaired) electrons. The highest BCUT2D eigenvalue weighted by Crippen LogP contribution is 2.26. The Balaban J connectivity index is 1.86. The summed E-state index contributed by atoms with van der Waals surface area (Å²) in [5.41, 5.74) is 6.62. The predicted molar refractivity (Wildman–Crippen MR) is 147 cm³/mol. The number of sulfonamides is 1. The molecule has 3 aromatic carbocycles. The zero-order valence-electron chi connectivity index (χ0n) is 21.6. The predicted octanol–water partition coefficient (Wildman–Crippen LogP) is 4.81. The molecule has 194 valence electrons. The zero-order chi connectivity index (χ0) is 27.2. The summed E-state index contributed by atoms with van der Waals surface area (Å²) >= 11 is 0. The molecule has 0 atom stereocenters. The topological polar surface area (TPSA) is 108 Å². The number of benzene rings is 3. The fraction of sp³-hybridized carbons (Fsp3) is 0.250. The minimum absolute atomic E-state index is 0.0910. The molecule has 2 amide bonds. The van der Waals surface area contributed by atoms with Crippen molar-refractivity contribution in [2.45, 2.75) is 45.4 Å². The Kier molecular flexibility index (Phi) is 8.83. The van der Waals surface area contributed by atoms with Crippen molar-refractivity contribution in [3.8, 4) is 0 Å². The van der Waals surface area contributed by atoms with E-state index in [4.69, 9.17) is 0 Å². The number of anilines is 2. The van der Waals surface area contributed by atoms with Gasteiger partial charge in [0.25, 0.3) is 15.9 Å². The Labute approximate surface area is 218 Å². The summed E-state index contributed by atoms with van der Waals surface area (Å²) in [5.74, 6) is -0.515. The zero-order valence-corrected chi connectivity index (χ0v) is 22.5. The van der Waals surface area contributed by atoms with E-state index in [1.165, 1.54) is 19.1 Å². The molecule has 0 unspecified atom stereocenters. The lowest BCUT2D eigenvalue weighted by molar-refractivity contribution is -0.119. The number of hydrogen-bond acceptors (Lipinski definition) is 5. The lowest BCUT2D eigenvalue weighted by atomic mass is 10.0. The van der Waals surface area contributed by atoms with Crippen LogP contribution in [0.4, 0.5) is 11.4 Å². The summed E-state index contributed by atoms with van der Waals surface area (Å²) < 4.78 is 28.2. The molecular weight excluding hydrogens is 488 g/mol. The van der Waals surface area contributed by atoms with E-state index in [1.807, 2.05) is 19.1 Å². The van der Waals surface area contributed by atoms with Crippen LogP contribution in [0.25, 0.3) is 0 Å². The average molecular weight is 521 g/mol.